The van der Waals surface area contributed by atoms with E-state index in [1.165, 1.54) is 0 Å². The molecule has 1 aromatic carbocycles. The van der Waals surface area contributed by atoms with Crippen molar-refractivity contribution >= 4 is 43.0 Å². The molecule has 0 unspecified atom stereocenters. The second-order valence-electron chi connectivity index (χ2n) is 6.21. The van der Waals surface area contributed by atoms with Gasteiger partial charge in [0.1, 0.15) is 0 Å². The molecule has 146 valence electrons. The van der Waals surface area contributed by atoms with Crippen LogP contribution in [0.3, 0.4) is 0 Å². The predicted octanol–water partition coefficient (Wildman–Crippen LogP) is 4.62. The summed E-state index contributed by atoms with van der Waals surface area (Å²) in [5, 5.41) is 19.8. The second kappa shape index (κ2) is 16.7. The topological polar surface area (TPSA) is 47.8 Å². The Hall–Kier alpha value is -0.0318. The molecule has 0 aliphatic heterocycles. The van der Waals surface area contributed by atoms with Crippen LogP contribution < -0.4 is 5.11 Å². The van der Waals surface area contributed by atoms with Gasteiger partial charge >= 0.3 is 51.6 Å². The summed E-state index contributed by atoms with van der Waals surface area (Å²) in [6, 6.07) is 6.78. The van der Waals surface area contributed by atoms with Crippen molar-refractivity contribution in [3.05, 3.63) is 98.6 Å². The minimum atomic E-state index is -0.543. The van der Waals surface area contributed by atoms with Gasteiger partial charge in [-0.15, -0.1) is 0 Å². The minimum Gasteiger partial charge on any atom is -0.0312 e. The van der Waals surface area contributed by atoms with Gasteiger partial charge in [-0.25, -0.2) is 0 Å². The van der Waals surface area contributed by atoms with Gasteiger partial charge in [-0.05, 0) is 70.8 Å². The van der Waals surface area contributed by atoms with Crippen LogP contribution in [0.4, 0.5) is 0 Å². The predicted molar refractivity (Wildman–Crippen MR) is 116 cm³/mol. The van der Waals surface area contributed by atoms with Crippen molar-refractivity contribution in [1.29, 1.82) is 0 Å². The molecule has 0 aromatic heterocycles. The third kappa shape index (κ3) is 12.5. The third-order valence-corrected chi connectivity index (χ3v) is 3.36. The van der Waals surface area contributed by atoms with Crippen molar-refractivity contribution in [2.75, 3.05) is 0 Å². The molecule has 28 heavy (non-hydrogen) atoms. The fraction of sp³-hybridized carbons (Fsp3) is 0.182. The smallest absolute Gasteiger partial charge is 0.0312 e. The van der Waals surface area contributed by atoms with E-state index in [1.807, 2.05) is 57.8 Å². The van der Waals surface area contributed by atoms with E-state index < -0.39 is 25.7 Å². The van der Waals surface area contributed by atoms with E-state index >= 15 is 0 Å². The Bertz CT molecular complexity index is 588. The van der Waals surface area contributed by atoms with Crippen molar-refractivity contribution in [1.82, 2.24) is 0 Å². The van der Waals surface area contributed by atoms with Crippen molar-refractivity contribution in [2.45, 2.75) is 21.7 Å². The summed E-state index contributed by atoms with van der Waals surface area (Å²) >= 11 is 5.36. The van der Waals surface area contributed by atoms with Crippen LogP contribution in [-0.2, 0) is 17.1 Å². The second-order valence-corrected chi connectivity index (χ2v) is 15.2. The van der Waals surface area contributed by atoms with Crippen LogP contribution in [0, 0.1) is 63.7 Å². The number of halogens is 1. The molecule has 0 atom stereocenters. The van der Waals surface area contributed by atoms with Gasteiger partial charge in [-0.2, -0.15) is 10.2 Å². The molecule has 1 aromatic rings. The van der Waals surface area contributed by atoms with Gasteiger partial charge in [0.2, 0.25) is 0 Å². The Morgan fingerprint density at radius 3 is 1.79 bits per heavy atom. The molecule has 10 radical (unpaired) electrons. The molecule has 2 aliphatic rings. The normalized spacial score (nSPS) is 17.0. The molecule has 3 nitrogen and oxygen atoms in total. The molecular formula is C22H25ClFeN2OSn+2. The molecule has 0 heterocycles. The van der Waals surface area contributed by atoms with E-state index in [4.69, 9.17) is 11.6 Å². The van der Waals surface area contributed by atoms with Crippen LogP contribution in [0.1, 0.15) is 12.5 Å². The van der Waals surface area contributed by atoms with Crippen LogP contribution in [0.25, 0.3) is 0 Å². The van der Waals surface area contributed by atoms with Gasteiger partial charge in [-0.1, -0.05) is 29.8 Å². The molecule has 0 bridgehead atoms. The van der Waals surface area contributed by atoms with Crippen LogP contribution >= 0.6 is 11.6 Å². The summed E-state index contributed by atoms with van der Waals surface area (Å²) in [7, 11) is 0. The van der Waals surface area contributed by atoms with Crippen molar-refractivity contribution in [2.24, 2.45) is 10.2 Å². The van der Waals surface area contributed by atoms with Crippen LogP contribution in [0.2, 0.25) is 19.8 Å². The Labute approximate surface area is 194 Å². The fourth-order valence-corrected chi connectivity index (χ4v) is 2.02. The first kappa shape index (κ1) is 28.0. The van der Waals surface area contributed by atoms with Crippen LogP contribution in [0.15, 0.2) is 34.5 Å². The molecular weight excluding hydrogens is 518 g/mol. The van der Waals surface area contributed by atoms with Gasteiger partial charge in [0, 0.05) is 28.1 Å². The quantitative estimate of drug-likeness (QED) is 0.238. The molecule has 3 rings (SSSR count). The number of nitrogens with zero attached hydrogens (tertiary/aromatic N) is 2. The molecule has 0 saturated heterocycles. The number of rotatable bonds is 3. The molecule has 0 amide bonds. The van der Waals surface area contributed by atoms with Crippen LogP contribution in [-0.4, -0.2) is 31.4 Å². The first-order valence-electron chi connectivity index (χ1n) is 8.61. The molecule has 6 heteroatoms. The van der Waals surface area contributed by atoms with E-state index in [9.17, 15) is 5.11 Å². The average molecular weight is 543 g/mol. The van der Waals surface area contributed by atoms with Gasteiger partial charge in [-0.3, -0.25) is 0 Å². The monoisotopic (exact) mass is 544 g/mol. The zero-order valence-electron chi connectivity index (χ0n) is 16.5. The summed E-state index contributed by atoms with van der Waals surface area (Å²) in [6.07, 6.45) is 17.6. The summed E-state index contributed by atoms with van der Waals surface area (Å²) in [5.41, 5.74) is 1.05. The minimum absolute atomic E-state index is 0. The maximum atomic E-state index is 11.8. The van der Waals surface area contributed by atoms with Gasteiger partial charge in [0.15, 0.2) is 0 Å². The van der Waals surface area contributed by atoms with E-state index in [1.54, 1.807) is 31.2 Å². The summed E-state index contributed by atoms with van der Waals surface area (Å²) in [4.78, 5) is 7.09. The molecule has 0 N–H and O–H groups in total. The van der Waals surface area contributed by atoms with Crippen LogP contribution in [0.5, 0.6) is 0 Å². The van der Waals surface area contributed by atoms with E-state index in [2.05, 4.69) is 25.0 Å². The Kier molecular flexibility index (Phi) is 16.7. The van der Waals surface area contributed by atoms with Gasteiger partial charge in [0.05, 0.1) is 0 Å². The molecule has 2 saturated carbocycles. The van der Waals surface area contributed by atoms with Gasteiger partial charge in [0.25, 0.3) is 0 Å². The Morgan fingerprint density at radius 2 is 1.32 bits per heavy atom. The number of hydrogen-bond donors (Lipinski definition) is 0. The van der Waals surface area contributed by atoms with E-state index in [-0.39, 0.29) is 17.1 Å². The maximum absolute atomic E-state index is 11.8. The van der Waals surface area contributed by atoms with Crippen molar-refractivity contribution < 1.29 is 22.2 Å². The standard InChI is InChI=1S/C14H12ClN2O.C5H5.3CH3.Fe.Sn/c1-10(11-6-2-3-7-11)16-17-14(18)12-8-4-5-9-13(12)15;1-2-4-5-3-1;;;;;/h2-9H,1H3,(H,17,18);1-5H;3*1H3;;/q;;;;;+2;+1/p-1/b16-10-;;;;;;. The van der Waals surface area contributed by atoms with Crippen molar-refractivity contribution in [3.8, 4) is 0 Å². The van der Waals surface area contributed by atoms with Gasteiger partial charge < -0.3 is 5.11 Å². The zero-order valence-corrected chi connectivity index (χ0v) is 21.3. The van der Waals surface area contributed by atoms with Crippen molar-refractivity contribution in [3.63, 3.8) is 0 Å². The Morgan fingerprint density at radius 1 is 0.857 bits per heavy atom. The summed E-state index contributed by atoms with van der Waals surface area (Å²) < 4.78 is 0. The number of benzene rings is 1. The summed E-state index contributed by atoms with van der Waals surface area (Å²) in [5.74, 6) is 0.511. The third-order valence-electron chi connectivity index (χ3n) is 3.03. The SMILES string of the molecule is C/C(=N/N=C(\[O-])c1ccccc1Cl)[C]1[CH][CH][CH][CH]1.[CH3][Sn+]([CH3])[CH3].[CH]1[CH][CH][CH][CH]1.[Fe+2]. The number of hydrogen-bond acceptors (Lipinski definition) is 3. The average Bonchev–Trinajstić information content (AvgIpc) is 3.35. The first-order chi connectivity index (χ1) is 12.9. The maximum Gasteiger partial charge on any atom is 2.00 e. The van der Waals surface area contributed by atoms with E-state index in [0.717, 1.165) is 5.92 Å². The van der Waals surface area contributed by atoms with E-state index in [0.29, 0.717) is 16.3 Å². The largest absolute Gasteiger partial charge is 2.00 e. The Balaban J connectivity index is 0.000000605. The zero-order chi connectivity index (χ0) is 20.1. The summed E-state index contributed by atoms with van der Waals surface area (Å²) in [6.45, 7) is 1.80. The first-order valence-corrected chi connectivity index (χ1v) is 17.6. The molecule has 0 spiro atoms. The molecule has 2 fully saturated rings. The fourth-order valence-electron chi connectivity index (χ4n) is 1.80. The molecule has 2 aliphatic carbocycles.